The molecule has 0 saturated heterocycles. The van der Waals surface area contributed by atoms with Crippen molar-refractivity contribution in [2.75, 3.05) is 29.3 Å². The summed E-state index contributed by atoms with van der Waals surface area (Å²) in [5, 5.41) is 16.1. The van der Waals surface area contributed by atoms with Crippen LogP contribution in [-0.2, 0) is 9.63 Å². The lowest BCUT2D eigenvalue weighted by Gasteiger charge is -2.10. The van der Waals surface area contributed by atoms with E-state index in [1.807, 2.05) is 48.7 Å². The van der Waals surface area contributed by atoms with Crippen molar-refractivity contribution in [3.8, 4) is 22.5 Å². The van der Waals surface area contributed by atoms with E-state index in [2.05, 4.69) is 25.4 Å². The number of hydrogen-bond acceptors (Lipinski definition) is 8. The summed E-state index contributed by atoms with van der Waals surface area (Å²) in [6.07, 6.45) is 1.97. The van der Waals surface area contributed by atoms with Gasteiger partial charge in [0.2, 0.25) is 5.16 Å². The predicted molar refractivity (Wildman–Crippen MR) is 113 cm³/mol. The van der Waals surface area contributed by atoms with E-state index < -0.39 is 5.97 Å². The van der Waals surface area contributed by atoms with Crippen molar-refractivity contribution in [1.82, 2.24) is 15.2 Å². The monoisotopic (exact) mass is 417 g/mol. The van der Waals surface area contributed by atoms with Crippen LogP contribution in [0.2, 0.25) is 0 Å². The molecule has 0 unspecified atom stereocenters. The molecule has 0 saturated carbocycles. The second kappa shape index (κ2) is 9.49. The summed E-state index contributed by atoms with van der Waals surface area (Å²) in [5.41, 5.74) is 7.45. The first-order valence-electron chi connectivity index (χ1n) is 8.20. The average molecular weight is 418 g/mol. The molecular weight excluding hydrogens is 398 g/mol. The minimum Gasteiger partial charge on any atom is -0.481 e. The van der Waals surface area contributed by atoms with Gasteiger partial charge in [0.1, 0.15) is 0 Å². The summed E-state index contributed by atoms with van der Waals surface area (Å²) in [6.45, 7) is 0. The number of carbonyl (C=O) groups is 1. The maximum atomic E-state index is 10.7. The van der Waals surface area contributed by atoms with Crippen LogP contribution < -0.4 is 10.2 Å². The lowest BCUT2D eigenvalue weighted by Crippen LogP contribution is -1.98. The Morgan fingerprint density at radius 3 is 2.57 bits per heavy atom. The maximum Gasteiger partial charge on any atom is 0.313 e. The van der Waals surface area contributed by atoms with Gasteiger partial charge in [0.05, 0.1) is 18.6 Å². The summed E-state index contributed by atoms with van der Waals surface area (Å²) in [4.78, 5) is 20.1. The third-order valence-electron chi connectivity index (χ3n) is 3.65. The lowest BCUT2D eigenvalue weighted by molar-refractivity contribution is -0.133. The molecule has 146 valence electrons. The van der Waals surface area contributed by atoms with Crippen molar-refractivity contribution in [2.45, 2.75) is 5.16 Å². The normalized spacial score (nSPS) is 10.6. The molecular formula is C18H19N5O3S2. The molecule has 3 rings (SSSR count). The van der Waals surface area contributed by atoms with Gasteiger partial charge in [0.25, 0.3) is 0 Å². The average Bonchev–Trinajstić information content (AvgIpc) is 3.16. The van der Waals surface area contributed by atoms with Crippen LogP contribution in [0.25, 0.3) is 22.5 Å². The van der Waals surface area contributed by atoms with Crippen molar-refractivity contribution < 1.29 is 14.7 Å². The third-order valence-corrected chi connectivity index (χ3v) is 4.93. The molecule has 0 fully saturated rings. The molecule has 8 nitrogen and oxygen atoms in total. The quantitative estimate of drug-likeness (QED) is 0.233. The molecule has 0 amide bonds. The van der Waals surface area contributed by atoms with Crippen molar-refractivity contribution in [3.63, 3.8) is 0 Å². The van der Waals surface area contributed by atoms with Gasteiger partial charge in [0, 0.05) is 17.5 Å². The van der Waals surface area contributed by atoms with Gasteiger partial charge in [-0.2, -0.15) is 0 Å². The van der Waals surface area contributed by atoms with Crippen molar-refractivity contribution in [2.24, 2.45) is 0 Å². The Hall–Kier alpha value is -2.69. The van der Waals surface area contributed by atoms with E-state index in [1.54, 1.807) is 7.11 Å². The van der Waals surface area contributed by atoms with Crippen LogP contribution in [0.4, 0.5) is 11.4 Å². The summed E-state index contributed by atoms with van der Waals surface area (Å²) in [5.74, 6) is -0.455. The molecule has 0 aliphatic heterocycles. The number of aromatic nitrogens is 3. The van der Waals surface area contributed by atoms with Crippen molar-refractivity contribution >= 4 is 41.1 Å². The Labute approximate surface area is 170 Å². The fraction of sp³-hybridized carbons (Fsp3) is 0.167. The molecule has 0 bridgehead atoms. The third kappa shape index (κ3) is 5.18. The van der Waals surface area contributed by atoms with Crippen LogP contribution in [0.15, 0.2) is 47.6 Å². The van der Waals surface area contributed by atoms with Gasteiger partial charge in [-0.3, -0.25) is 20.2 Å². The molecule has 0 spiro atoms. The summed E-state index contributed by atoms with van der Waals surface area (Å²) >= 11 is 2.60. The molecule has 3 aromatic rings. The van der Waals surface area contributed by atoms with Gasteiger partial charge in [-0.15, -0.1) is 5.10 Å². The smallest absolute Gasteiger partial charge is 0.313 e. The number of nitrogens with zero attached hydrogens (tertiary/aromatic N) is 2. The van der Waals surface area contributed by atoms with Gasteiger partial charge < -0.3 is 9.83 Å². The van der Waals surface area contributed by atoms with Gasteiger partial charge in [-0.1, -0.05) is 35.8 Å². The topological polar surface area (TPSA) is 112 Å². The van der Waals surface area contributed by atoms with E-state index in [1.165, 1.54) is 11.9 Å². The zero-order valence-electron chi connectivity index (χ0n) is 15.2. The first kappa shape index (κ1) is 20.1. The first-order chi connectivity index (χ1) is 13.6. The van der Waals surface area contributed by atoms with Crippen LogP contribution >= 0.6 is 23.7 Å². The number of anilines is 2. The second-order valence-corrected chi connectivity index (χ2v) is 7.19. The molecule has 1 heterocycles. The van der Waals surface area contributed by atoms with E-state index in [9.17, 15) is 4.79 Å². The Morgan fingerprint density at radius 1 is 1.14 bits per heavy atom. The highest BCUT2D eigenvalue weighted by Crippen LogP contribution is 2.30. The van der Waals surface area contributed by atoms with Crippen LogP contribution in [0.1, 0.15) is 0 Å². The Morgan fingerprint density at radius 2 is 1.89 bits per heavy atom. The fourth-order valence-electron chi connectivity index (χ4n) is 2.52. The number of aromatic amines is 1. The summed E-state index contributed by atoms with van der Waals surface area (Å²) in [6, 6.07) is 13.9. The molecule has 0 radical (unpaired) electrons. The molecule has 4 N–H and O–H groups in total. The van der Waals surface area contributed by atoms with Crippen LogP contribution in [0, 0.1) is 0 Å². The standard InChI is InChI=1S/C18H19N5O3S2/c1-26-22-15-8-12(11-3-5-14(6-4-11)23-27-2)7-13(9-15)17-19-18(21-20-17)28-10-16(24)25/h3-9,22-23H,10H2,1-2H3,(H,24,25)(H,19,20,21). The minimum atomic E-state index is -0.913. The van der Waals surface area contributed by atoms with E-state index in [0.29, 0.717) is 11.0 Å². The largest absolute Gasteiger partial charge is 0.481 e. The van der Waals surface area contributed by atoms with Gasteiger partial charge in [-0.05, 0) is 41.5 Å². The molecule has 0 atom stereocenters. The number of hydrogen-bond donors (Lipinski definition) is 4. The predicted octanol–water partition coefficient (Wildman–Crippen LogP) is 3.98. The zero-order valence-corrected chi connectivity index (χ0v) is 16.9. The molecule has 1 aromatic heterocycles. The fourth-order valence-corrected chi connectivity index (χ4v) is 3.41. The highest BCUT2D eigenvalue weighted by molar-refractivity contribution is 8.00. The van der Waals surface area contributed by atoms with Gasteiger partial charge >= 0.3 is 5.97 Å². The molecule has 0 aliphatic rings. The van der Waals surface area contributed by atoms with E-state index in [-0.39, 0.29) is 5.75 Å². The van der Waals surface area contributed by atoms with Crippen molar-refractivity contribution in [3.05, 3.63) is 42.5 Å². The SMILES string of the molecule is CONc1cc(-c2ccc(NSC)cc2)cc(-c2nc(SCC(=O)O)n[nH]2)c1. The Balaban J connectivity index is 1.92. The first-order valence-corrected chi connectivity index (χ1v) is 10.4. The highest BCUT2D eigenvalue weighted by atomic mass is 32.2. The number of benzene rings is 2. The number of thioether (sulfide) groups is 1. The zero-order chi connectivity index (χ0) is 19.9. The lowest BCUT2D eigenvalue weighted by atomic mass is 10.0. The number of carboxylic acids is 1. The van der Waals surface area contributed by atoms with E-state index in [0.717, 1.165) is 39.8 Å². The van der Waals surface area contributed by atoms with Crippen LogP contribution in [-0.4, -0.2) is 45.4 Å². The Bertz CT molecular complexity index is 947. The van der Waals surface area contributed by atoms with Gasteiger partial charge in [0.15, 0.2) is 5.82 Å². The minimum absolute atomic E-state index is 0.0930. The second-order valence-electron chi connectivity index (χ2n) is 5.64. The number of carboxylic acid groups (broad SMARTS) is 1. The molecule has 28 heavy (non-hydrogen) atoms. The Kier molecular flexibility index (Phi) is 6.80. The highest BCUT2D eigenvalue weighted by Gasteiger charge is 2.11. The van der Waals surface area contributed by atoms with Gasteiger partial charge in [-0.25, -0.2) is 4.98 Å². The summed E-state index contributed by atoms with van der Waals surface area (Å²) in [7, 11) is 1.55. The van der Waals surface area contributed by atoms with E-state index in [4.69, 9.17) is 9.94 Å². The number of rotatable bonds is 9. The molecule has 0 aliphatic carbocycles. The molecule has 2 aromatic carbocycles. The number of H-pyrrole nitrogens is 1. The number of nitrogens with one attached hydrogen (secondary N) is 3. The van der Waals surface area contributed by atoms with E-state index >= 15 is 0 Å². The van der Waals surface area contributed by atoms with Crippen LogP contribution in [0.5, 0.6) is 0 Å². The van der Waals surface area contributed by atoms with Crippen molar-refractivity contribution in [1.29, 1.82) is 0 Å². The molecule has 10 heteroatoms. The van der Waals surface area contributed by atoms with Crippen LogP contribution in [0.3, 0.4) is 0 Å². The number of aliphatic carboxylic acids is 1. The maximum absolute atomic E-state index is 10.7. The summed E-state index contributed by atoms with van der Waals surface area (Å²) < 4.78 is 3.19.